The Labute approximate surface area is 126 Å². The molecular weight excluding hydrogens is 268 g/mol. The Morgan fingerprint density at radius 3 is 2.29 bits per heavy atom. The second-order valence-corrected chi connectivity index (χ2v) is 7.21. The van der Waals surface area contributed by atoms with E-state index in [4.69, 9.17) is 0 Å². The number of likely N-dealkylation sites (tertiary alicyclic amines) is 1. The molecule has 3 rings (SSSR count). The monoisotopic (exact) mass is 294 g/mol. The van der Waals surface area contributed by atoms with E-state index < -0.39 is 5.97 Å². The molecule has 2 saturated carbocycles. The quantitative estimate of drug-likeness (QED) is 0.822. The van der Waals surface area contributed by atoms with Crippen LogP contribution in [0.15, 0.2) is 0 Å². The molecule has 2 bridgehead atoms. The number of piperidine rings is 1. The molecule has 3 aliphatic rings. The molecule has 2 aliphatic carbocycles. The summed E-state index contributed by atoms with van der Waals surface area (Å²) >= 11 is 0. The number of carboxylic acid groups (broad SMARTS) is 1. The zero-order chi connectivity index (χ0) is 15.1. The van der Waals surface area contributed by atoms with E-state index in [1.807, 2.05) is 4.90 Å². The molecule has 3 fully saturated rings. The van der Waals surface area contributed by atoms with Gasteiger partial charge in [0.05, 0.1) is 5.92 Å². The number of nitrogens with zero attached hydrogens (tertiary/aromatic N) is 1. The molecule has 1 saturated heterocycles. The van der Waals surface area contributed by atoms with Crippen LogP contribution in [0.3, 0.4) is 0 Å². The molecule has 0 aromatic heterocycles. The van der Waals surface area contributed by atoms with Gasteiger partial charge in [-0.25, -0.2) is 4.79 Å². The topological polar surface area (TPSA) is 69.6 Å². The molecule has 2 amide bonds. The van der Waals surface area contributed by atoms with Crippen LogP contribution in [-0.2, 0) is 4.79 Å². The van der Waals surface area contributed by atoms with Crippen molar-refractivity contribution in [2.45, 2.75) is 70.5 Å². The van der Waals surface area contributed by atoms with Gasteiger partial charge in [-0.2, -0.15) is 0 Å². The van der Waals surface area contributed by atoms with E-state index in [0.29, 0.717) is 5.92 Å². The molecule has 2 N–H and O–H groups in total. The van der Waals surface area contributed by atoms with Gasteiger partial charge < -0.3 is 15.3 Å². The normalized spacial score (nSPS) is 42.1. The number of urea groups is 1. The second kappa shape index (κ2) is 5.50. The number of fused-ring (bicyclic) bond motifs is 2. The highest BCUT2D eigenvalue weighted by Crippen LogP contribution is 2.48. The highest BCUT2D eigenvalue weighted by Gasteiger charge is 2.52. The largest absolute Gasteiger partial charge is 0.481 e. The van der Waals surface area contributed by atoms with Crippen molar-refractivity contribution in [3.05, 3.63) is 0 Å². The summed E-state index contributed by atoms with van der Waals surface area (Å²) in [6.07, 6.45) is 6.27. The number of carbonyl (C=O) groups excluding carboxylic acids is 1. The molecule has 0 aromatic carbocycles. The Morgan fingerprint density at radius 2 is 1.67 bits per heavy atom. The van der Waals surface area contributed by atoms with Crippen molar-refractivity contribution < 1.29 is 14.7 Å². The van der Waals surface area contributed by atoms with Crippen LogP contribution in [0.5, 0.6) is 0 Å². The van der Waals surface area contributed by atoms with Crippen molar-refractivity contribution in [3.8, 4) is 0 Å². The first kappa shape index (κ1) is 14.7. The number of hydrogen-bond acceptors (Lipinski definition) is 2. The third-order valence-electron chi connectivity index (χ3n) is 5.92. The van der Waals surface area contributed by atoms with Crippen molar-refractivity contribution in [1.82, 2.24) is 10.2 Å². The maximum atomic E-state index is 12.6. The molecule has 5 heteroatoms. The van der Waals surface area contributed by atoms with Crippen molar-refractivity contribution >= 4 is 12.0 Å². The standard InChI is InChI=1S/C16H26N2O3/c1-9-4-3-5-10(2)18(9)16(21)17-14-12-7-6-11(8-12)13(14)15(19)20/h9-14H,3-8H2,1-2H3,(H,17,21)(H,19,20)/t9-,10+,11?,12?,13?,14?. The van der Waals surface area contributed by atoms with Crippen LogP contribution in [0.4, 0.5) is 4.79 Å². The lowest BCUT2D eigenvalue weighted by atomic mass is 9.84. The van der Waals surface area contributed by atoms with E-state index in [2.05, 4.69) is 19.2 Å². The maximum Gasteiger partial charge on any atom is 0.318 e. The highest BCUT2D eigenvalue weighted by molar-refractivity contribution is 5.78. The third-order valence-corrected chi connectivity index (χ3v) is 5.92. The lowest BCUT2D eigenvalue weighted by molar-refractivity contribution is -0.144. The van der Waals surface area contributed by atoms with E-state index >= 15 is 0 Å². The Balaban J connectivity index is 1.70. The molecule has 0 radical (unpaired) electrons. The van der Waals surface area contributed by atoms with Gasteiger partial charge in [0.2, 0.25) is 0 Å². The number of hydrogen-bond donors (Lipinski definition) is 2. The Bertz CT molecular complexity index is 429. The highest BCUT2D eigenvalue weighted by atomic mass is 16.4. The average Bonchev–Trinajstić information content (AvgIpc) is 2.98. The Hall–Kier alpha value is -1.26. The van der Waals surface area contributed by atoms with Crippen LogP contribution in [0.1, 0.15) is 52.4 Å². The molecular formula is C16H26N2O3. The number of carboxylic acids is 1. The molecule has 1 heterocycles. The number of aliphatic carboxylic acids is 1. The Kier molecular flexibility index (Phi) is 3.84. The number of amides is 2. The fraction of sp³-hybridized carbons (Fsp3) is 0.875. The van der Waals surface area contributed by atoms with Gasteiger partial charge in [-0.1, -0.05) is 0 Å². The lowest BCUT2D eigenvalue weighted by Crippen LogP contribution is -2.56. The Morgan fingerprint density at radius 1 is 1.05 bits per heavy atom. The summed E-state index contributed by atoms with van der Waals surface area (Å²) in [5, 5.41) is 12.5. The summed E-state index contributed by atoms with van der Waals surface area (Å²) in [6.45, 7) is 4.18. The first-order valence-electron chi connectivity index (χ1n) is 8.30. The van der Waals surface area contributed by atoms with Crippen LogP contribution in [0.25, 0.3) is 0 Å². The van der Waals surface area contributed by atoms with Crippen LogP contribution in [-0.4, -0.2) is 40.1 Å². The van der Waals surface area contributed by atoms with Crippen LogP contribution >= 0.6 is 0 Å². The van der Waals surface area contributed by atoms with Gasteiger partial charge in [0.1, 0.15) is 0 Å². The van der Waals surface area contributed by atoms with Crippen LogP contribution < -0.4 is 5.32 Å². The summed E-state index contributed by atoms with van der Waals surface area (Å²) in [4.78, 5) is 26.1. The van der Waals surface area contributed by atoms with Crippen molar-refractivity contribution in [2.75, 3.05) is 0 Å². The molecule has 4 unspecified atom stereocenters. The zero-order valence-corrected chi connectivity index (χ0v) is 12.9. The van der Waals surface area contributed by atoms with Crippen molar-refractivity contribution in [1.29, 1.82) is 0 Å². The molecule has 118 valence electrons. The number of rotatable bonds is 2. The molecule has 0 spiro atoms. The van der Waals surface area contributed by atoms with Gasteiger partial charge in [-0.05, 0) is 64.2 Å². The minimum absolute atomic E-state index is 0.0569. The summed E-state index contributed by atoms with van der Waals surface area (Å²) in [5.41, 5.74) is 0. The summed E-state index contributed by atoms with van der Waals surface area (Å²) in [5.74, 6) is -0.514. The lowest BCUT2D eigenvalue weighted by Gasteiger charge is -2.40. The third kappa shape index (κ3) is 2.51. The van der Waals surface area contributed by atoms with Crippen molar-refractivity contribution in [3.63, 3.8) is 0 Å². The maximum absolute atomic E-state index is 12.6. The van der Waals surface area contributed by atoms with E-state index in [1.54, 1.807) is 0 Å². The van der Waals surface area contributed by atoms with E-state index in [9.17, 15) is 14.7 Å². The smallest absolute Gasteiger partial charge is 0.318 e. The molecule has 1 aliphatic heterocycles. The number of carbonyl (C=O) groups is 2. The SMILES string of the molecule is C[C@@H]1CCC[C@H](C)N1C(=O)NC1C2CCC(C2)C1C(=O)O. The van der Waals surface area contributed by atoms with Gasteiger partial charge in [0.25, 0.3) is 0 Å². The first-order chi connectivity index (χ1) is 9.99. The predicted molar refractivity (Wildman–Crippen MR) is 78.9 cm³/mol. The minimum Gasteiger partial charge on any atom is -0.481 e. The fourth-order valence-corrected chi connectivity index (χ4v) is 4.89. The molecule has 21 heavy (non-hydrogen) atoms. The van der Waals surface area contributed by atoms with E-state index in [1.165, 1.54) is 0 Å². The summed E-state index contributed by atoms with van der Waals surface area (Å²) in [6, 6.07) is 0.264. The van der Waals surface area contributed by atoms with E-state index in [-0.39, 0.29) is 36.0 Å². The van der Waals surface area contributed by atoms with Gasteiger partial charge >= 0.3 is 12.0 Å². The van der Waals surface area contributed by atoms with Gasteiger partial charge in [0.15, 0.2) is 0 Å². The van der Waals surface area contributed by atoms with Gasteiger partial charge in [0, 0.05) is 18.1 Å². The van der Waals surface area contributed by atoms with Gasteiger partial charge in [-0.3, -0.25) is 4.79 Å². The first-order valence-corrected chi connectivity index (χ1v) is 8.30. The zero-order valence-electron chi connectivity index (χ0n) is 12.9. The summed E-state index contributed by atoms with van der Waals surface area (Å²) in [7, 11) is 0. The van der Waals surface area contributed by atoms with Crippen LogP contribution in [0.2, 0.25) is 0 Å². The molecule has 6 atom stereocenters. The van der Waals surface area contributed by atoms with E-state index in [0.717, 1.165) is 38.5 Å². The summed E-state index contributed by atoms with van der Waals surface area (Å²) < 4.78 is 0. The average molecular weight is 294 g/mol. The minimum atomic E-state index is -0.743. The van der Waals surface area contributed by atoms with Crippen molar-refractivity contribution in [2.24, 2.45) is 17.8 Å². The van der Waals surface area contributed by atoms with Crippen LogP contribution in [0, 0.1) is 17.8 Å². The predicted octanol–water partition coefficient (Wildman–Crippen LogP) is 2.46. The van der Waals surface area contributed by atoms with Gasteiger partial charge in [-0.15, -0.1) is 0 Å². The number of nitrogens with one attached hydrogen (secondary N) is 1. The fourth-order valence-electron chi connectivity index (χ4n) is 4.89. The molecule has 0 aromatic rings. The molecule has 5 nitrogen and oxygen atoms in total. The second-order valence-electron chi connectivity index (χ2n) is 7.21.